The zero-order valence-corrected chi connectivity index (χ0v) is 14.7. The molecule has 0 amide bonds. The van der Waals surface area contributed by atoms with Crippen molar-refractivity contribution in [2.75, 3.05) is 0 Å². The van der Waals surface area contributed by atoms with Crippen LogP contribution in [0.25, 0.3) is 0 Å². The molecular weight excluding hydrogens is 235 g/mol. The van der Waals surface area contributed by atoms with Gasteiger partial charge < -0.3 is 0 Å². The second-order valence-electron chi connectivity index (χ2n) is 6.66. The van der Waals surface area contributed by atoms with Gasteiger partial charge in [0.25, 0.3) is 0 Å². The Balaban J connectivity index is 2.89. The molecule has 0 aliphatic carbocycles. The Morgan fingerprint density at radius 2 is 0.650 bits per heavy atom. The molecule has 0 rings (SSSR count). The summed E-state index contributed by atoms with van der Waals surface area (Å²) in [5, 5.41) is 1.37. The van der Waals surface area contributed by atoms with Gasteiger partial charge >= 0.3 is 93.4 Å². The third-order valence-electron chi connectivity index (χ3n) is 4.46. The Morgan fingerprint density at radius 3 is 0.900 bits per heavy atom. The first-order valence-corrected chi connectivity index (χ1v) is 9.91. The molecule has 116 valence electrons. The second kappa shape index (κ2) is 19.6. The van der Waals surface area contributed by atoms with Gasteiger partial charge in [0, 0.05) is 0 Å². The van der Waals surface area contributed by atoms with Gasteiger partial charge in [0.05, 0.1) is 0 Å². The minimum absolute atomic E-state index is 1.37. The summed E-state index contributed by atoms with van der Waals surface area (Å²) in [7, 11) is 0. The molecule has 0 saturated carbocycles. The smallest absolute Gasteiger partial charge is 0.0654 e. The number of hydrogen-bond donors (Lipinski definition) is 0. The van der Waals surface area contributed by atoms with E-state index >= 15 is 0 Å². The summed E-state index contributed by atoms with van der Waals surface area (Å²) in [4.78, 5) is 0. The Bertz CT molecular complexity index is 138. The summed E-state index contributed by atoms with van der Waals surface area (Å²) in [6.07, 6.45) is 25.0. The zero-order valence-electron chi connectivity index (χ0n) is 14.7. The maximum absolute atomic E-state index is 2.30. The van der Waals surface area contributed by atoms with Crippen molar-refractivity contribution in [1.29, 1.82) is 0 Å². The molecule has 0 fully saturated rings. The molecule has 20 heavy (non-hydrogen) atoms. The minimum Gasteiger partial charge on any atom is -0.0654 e. The van der Waals surface area contributed by atoms with Crippen LogP contribution in [-0.2, 0) is 0 Å². The fourth-order valence-corrected chi connectivity index (χ4v) is 2.97. The summed E-state index contributed by atoms with van der Waals surface area (Å²) < 4.78 is 0. The molecule has 0 heterocycles. The van der Waals surface area contributed by atoms with Gasteiger partial charge in [-0.25, -0.2) is 0 Å². The normalized spacial score (nSPS) is 11.2. The number of hydrogen-bond acceptors (Lipinski definition) is 0. The van der Waals surface area contributed by atoms with Crippen molar-refractivity contribution in [3.63, 3.8) is 0 Å². The first-order valence-electron chi connectivity index (χ1n) is 9.91. The molecule has 1 heteroatoms. The van der Waals surface area contributed by atoms with Crippen LogP contribution in [0, 0.1) is 0 Å². The molecule has 0 unspecified atom stereocenters. The molecule has 0 N–H and O–H groups in total. The van der Waals surface area contributed by atoms with Gasteiger partial charge in [-0.3, -0.25) is 0 Å². The van der Waals surface area contributed by atoms with Crippen LogP contribution in [0.4, 0.5) is 0 Å². The summed E-state index contributed by atoms with van der Waals surface area (Å²) >= 11 is 2.30. The molecule has 0 aromatic rings. The maximum atomic E-state index is 2.30. The van der Waals surface area contributed by atoms with Crippen LogP contribution in [0.15, 0.2) is 0 Å². The Hall–Kier alpha value is 0.597. The second-order valence-corrected chi connectivity index (χ2v) is 6.66. The fraction of sp³-hybridized carbons (Fsp3) is 1.00. The average molecular weight is 274 g/mol. The molecule has 0 spiro atoms. The van der Waals surface area contributed by atoms with E-state index in [-0.39, 0.29) is 0 Å². The van der Waals surface area contributed by atoms with E-state index < -0.39 is 0 Å². The molecule has 0 radical (unpaired) electrons. The van der Waals surface area contributed by atoms with E-state index in [9.17, 15) is 0 Å². The van der Waals surface area contributed by atoms with E-state index in [1.165, 1.54) is 114 Å². The number of rotatable bonds is 17. The van der Waals surface area contributed by atoms with Crippen molar-refractivity contribution >= 4 is 17.7 Å². The number of unbranched alkanes of at least 4 members (excludes halogenated alkanes) is 16. The summed E-state index contributed by atoms with van der Waals surface area (Å²) in [6.45, 7) is 2.30. The molecular formula is C19H39Li. The van der Waals surface area contributed by atoms with Crippen LogP contribution >= 0.6 is 0 Å². The predicted octanol–water partition coefficient (Wildman–Crippen LogP) is 7.22. The van der Waals surface area contributed by atoms with Crippen LogP contribution in [0.1, 0.15) is 116 Å². The van der Waals surface area contributed by atoms with Crippen molar-refractivity contribution in [3.8, 4) is 0 Å². The molecule has 0 aromatic carbocycles. The van der Waals surface area contributed by atoms with E-state index in [2.05, 4.69) is 24.6 Å². The Kier molecular flexibility index (Phi) is 20.2. The van der Waals surface area contributed by atoms with Crippen molar-refractivity contribution in [1.82, 2.24) is 0 Å². The van der Waals surface area contributed by atoms with Gasteiger partial charge in [0.1, 0.15) is 0 Å². The first-order chi connectivity index (χ1) is 9.91. The van der Waals surface area contributed by atoms with E-state index in [0.717, 1.165) is 0 Å². The zero-order chi connectivity index (χ0) is 14.7. The SMILES string of the molecule is [Li][CH2]CCCCCCCCCCCCCCCCCC. The van der Waals surface area contributed by atoms with Crippen molar-refractivity contribution in [2.45, 2.75) is 121 Å². The van der Waals surface area contributed by atoms with E-state index in [1.807, 2.05) is 0 Å². The van der Waals surface area contributed by atoms with Gasteiger partial charge in [0.2, 0.25) is 0 Å². The topological polar surface area (TPSA) is 0 Å². The van der Waals surface area contributed by atoms with Crippen LogP contribution in [0.5, 0.6) is 0 Å². The van der Waals surface area contributed by atoms with E-state index in [0.29, 0.717) is 0 Å². The summed E-state index contributed by atoms with van der Waals surface area (Å²) in [5.41, 5.74) is 0. The molecule has 0 saturated heterocycles. The Labute approximate surface area is 139 Å². The minimum atomic E-state index is 1.37. The van der Waals surface area contributed by atoms with Gasteiger partial charge in [-0.05, 0) is 0 Å². The van der Waals surface area contributed by atoms with Crippen molar-refractivity contribution in [2.24, 2.45) is 0 Å². The predicted molar refractivity (Wildman–Crippen MR) is 94.7 cm³/mol. The van der Waals surface area contributed by atoms with Crippen LogP contribution in [0.3, 0.4) is 0 Å². The van der Waals surface area contributed by atoms with Gasteiger partial charge in [-0.1, -0.05) is 45.4 Å². The van der Waals surface area contributed by atoms with Crippen LogP contribution < -0.4 is 0 Å². The molecule has 0 aromatic heterocycles. The van der Waals surface area contributed by atoms with E-state index in [1.54, 1.807) is 0 Å². The molecule has 0 aliphatic heterocycles. The van der Waals surface area contributed by atoms with Gasteiger partial charge in [-0.15, -0.1) is 0 Å². The summed E-state index contributed by atoms with van der Waals surface area (Å²) in [6, 6.07) is 0. The standard InChI is InChI=1S/C19H39.Li/c1-3-5-7-9-11-13-15-17-19-18-16-14-12-10-8-6-4-2;/h1,3-19H2,2H3;. The first kappa shape index (κ1) is 20.6. The van der Waals surface area contributed by atoms with Gasteiger partial charge in [0.15, 0.2) is 0 Å². The van der Waals surface area contributed by atoms with Gasteiger partial charge in [-0.2, -0.15) is 0 Å². The third kappa shape index (κ3) is 18.6. The quantitative estimate of drug-likeness (QED) is 0.194. The molecule has 0 aliphatic rings. The Morgan fingerprint density at radius 1 is 0.400 bits per heavy atom. The van der Waals surface area contributed by atoms with Crippen molar-refractivity contribution < 1.29 is 0 Å². The van der Waals surface area contributed by atoms with Crippen LogP contribution in [-0.4, -0.2) is 17.7 Å². The monoisotopic (exact) mass is 274 g/mol. The molecule has 0 atom stereocenters. The van der Waals surface area contributed by atoms with E-state index in [4.69, 9.17) is 0 Å². The average Bonchev–Trinajstić information content (AvgIpc) is 2.47. The van der Waals surface area contributed by atoms with Crippen LogP contribution in [0.2, 0.25) is 5.09 Å². The molecule has 0 bridgehead atoms. The third-order valence-corrected chi connectivity index (χ3v) is 4.46. The van der Waals surface area contributed by atoms with Crippen molar-refractivity contribution in [3.05, 3.63) is 0 Å². The summed E-state index contributed by atoms with van der Waals surface area (Å²) in [5.74, 6) is 0. The fourth-order valence-electron chi connectivity index (χ4n) is 2.97. The molecule has 0 nitrogen and oxygen atoms in total.